The quantitative estimate of drug-likeness (QED) is 0.794. The minimum absolute atomic E-state index is 0.0112. The molecule has 0 aliphatic carbocycles. The van der Waals surface area contributed by atoms with Crippen molar-refractivity contribution in [1.82, 2.24) is 4.98 Å². The summed E-state index contributed by atoms with van der Waals surface area (Å²) >= 11 is 3.43. The first-order chi connectivity index (χ1) is 10.2. The number of amides is 1. The van der Waals surface area contributed by atoms with E-state index >= 15 is 0 Å². The Hall–Kier alpha value is -1.88. The fraction of sp³-hybridized carbons (Fsp3) is 0.250. The lowest BCUT2D eigenvalue weighted by molar-refractivity contribution is -0.116. The molecule has 0 radical (unpaired) electrons. The zero-order valence-electron chi connectivity index (χ0n) is 11.9. The highest BCUT2D eigenvalue weighted by Crippen LogP contribution is 2.20. The molecule has 2 rings (SSSR count). The Morgan fingerprint density at radius 1 is 1.24 bits per heavy atom. The highest BCUT2D eigenvalue weighted by molar-refractivity contribution is 9.10. The van der Waals surface area contributed by atoms with Crippen LogP contribution in [0.25, 0.3) is 0 Å². The number of pyridine rings is 1. The number of hydrogen-bond acceptors (Lipinski definition) is 3. The molecule has 0 atom stereocenters. The van der Waals surface area contributed by atoms with Gasteiger partial charge in [0, 0.05) is 16.6 Å². The van der Waals surface area contributed by atoms with Crippen LogP contribution in [0, 0.1) is 0 Å². The van der Waals surface area contributed by atoms with Crippen LogP contribution in [-0.4, -0.2) is 10.9 Å². The van der Waals surface area contributed by atoms with Crippen LogP contribution in [0.2, 0.25) is 0 Å². The van der Waals surface area contributed by atoms with E-state index in [2.05, 4.69) is 38.5 Å². The molecular formula is C16H18BrN3O. The van der Waals surface area contributed by atoms with Crippen LogP contribution in [-0.2, 0) is 4.79 Å². The van der Waals surface area contributed by atoms with E-state index in [0.29, 0.717) is 12.2 Å². The van der Waals surface area contributed by atoms with Gasteiger partial charge in [-0.1, -0.05) is 35.3 Å². The van der Waals surface area contributed by atoms with Crippen molar-refractivity contribution in [1.29, 1.82) is 0 Å². The molecule has 0 saturated heterocycles. The number of anilines is 3. The van der Waals surface area contributed by atoms with Crippen LogP contribution in [0.5, 0.6) is 0 Å². The second kappa shape index (κ2) is 7.78. The number of nitrogens with one attached hydrogen (secondary N) is 2. The number of nitrogens with zero attached hydrogens (tertiary/aromatic N) is 1. The number of unbranched alkanes of at least 4 members (excludes halogenated alkanes) is 1. The Balaban J connectivity index is 1.94. The number of aromatic nitrogens is 1. The molecule has 2 N–H and O–H groups in total. The fourth-order valence-corrected chi connectivity index (χ4v) is 2.22. The predicted molar refractivity (Wildman–Crippen MR) is 89.8 cm³/mol. The van der Waals surface area contributed by atoms with E-state index in [-0.39, 0.29) is 5.91 Å². The largest absolute Gasteiger partial charge is 0.354 e. The third-order valence-electron chi connectivity index (χ3n) is 2.90. The molecule has 0 fully saturated rings. The summed E-state index contributed by atoms with van der Waals surface area (Å²) in [4.78, 5) is 15.9. The maximum absolute atomic E-state index is 11.6. The van der Waals surface area contributed by atoms with E-state index in [1.165, 1.54) is 0 Å². The molecule has 0 bridgehead atoms. The third kappa shape index (κ3) is 5.19. The SMILES string of the molecule is CCCCC(=O)Nc1ccc(Nc2cccc(Br)c2)cn1. The summed E-state index contributed by atoms with van der Waals surface area (Å²) in [5.74, 6) is 0.591. The summed E-state index contributed by atoms with van der Waals surface area (Å²) < 4.78 is 1.01. The van der Waals surface area contributed by atoms with Gasteiger partial charge in [0.25, 0.3) is 0 Å². The predicted octanol–water partition coefficient (Wildman–Crippen LogP) is 4.72. The molecule has 1 aromatic carbocycles. The summed E-state index contributed by atoms with van der Waals surface area (Å²) in [5.41, 5.74) is 1.85. The first kappa shape index (κ1) is 15.5. The van der Waals surface area contributed by atoms with Gasteiger partial charge < -0.3 is 10.6 Å². The zero-order chi connectivity index (χ0) is 15.1. The van der Waals surface area contributed by atoms with Gasteiger partial charge in [-0.2, -0.15) is 0 Å². The standard InChI is InChI=1S/C16H18BrN3O/c1-2-3-7-16(21)20-15-9-8-14(11-18-15)19-13-6-4-5-12(17)10-13/h4-6,8-11,19H,2-3,7H2,1H3,(H,18,20,21). The lowest BCUT2D eigenvalue weighted by atomic mass is 10.2. The van der Waals surface area contributed by atoms with Gasteiger partial charge in [0.2, 0.25) is 5.91 Å². The average molecular weight is 348 g/mol. The molecule has 4 nitrogen and oxygen atoms in total. The molecule has 5 heteroatoms. The van der Waals surface area contributed by atoms with Crippen LogP contribution in [0.4, 0.5) is 17.2 Å². The van der Waals surface area contributed by atoms with E-state index in [0.717, 1.165) is 28.7 Å². The number of rotatable bonds is 6. The van der Waals surface area contributed by atoms with E-state index in [9.17, 15) is 4.79 Å². The van der Waals surface area contributed by atoms with E-state index < -0.39 is 0 Å². The number of carbonyl (C=O) groups is 1. The Kier molecular flexibility index (Phi) is 5.75. The summed E-state index contributed by atoms with van der Waals surface area (Å²) in [5, 5.41) is 6.05. The topological polar surface area (TPSA) is 54.0 Å². The summed E-state index contributed by atoms with van der Waals surface area (Å²) in [6.45, 7) is 2.06. The van der Waals surface area contributed by atoms with Crippen molar-refractivity contribution in [3.63, 3.8) is 0 Å². The van der Waals surface area contributed by atoms with Crippen LogP contribution in [0.1, 0.15) is 26.2 Å². The van der Waals surface area contributed by atoms with Crippen molar-refractivity contribution >= 4 is 39.0 Å². The van der Waals surface area contributed by atoms with Crippen LogP contribution >= 0.6 is 15.9 Å². The van der Waals surface area contributed by atoms with Crippen molar-refractivity contribution in [3.8, 4) is 0 Å². The van der Waals surface area contributed by atoms with Gasteiger partial charge >= 0.3 is 0 Å². The lowest BCUT2D eigenvalue weighted by Crippen LogP contribution is -2.12. The Morgan fingerprint density at radius 3 is 2.76 bits per heavy atom. The van der Waals surface area contributed by atoms with Gasteiger partial charge in [-0.25, -0.2) is 4.98 Å². The van der Waals surface area contributed by atoms with Crippen molar-refractivity contribution in [2.75, 3.05) is 10.6 Å². The van der Waals surface area contributed by atoms with Gasteiger partial charge in [-0.15, -0.1) is 0 Å². The molecule has 110 valence electrons. The minimum atomic E-state index is 0.0112. The molecule has 0 spiro atoms. The summed E-state index contributed by atoms with van der Waals surface area (Å²) in [7, 11) is 0. The van der Waals surface area contributed by atoms with E-state index in [1.807, 2.05) is 30.3 Å². The molecule has 1 heterocycles. The van der Waals surface area contributed by atoms with E-state index in [1.54, 1.807) is 12.3 Å². The fourth-order valence-electron chi connectivity index (χ4n) is 1.82. The molecule has 0 aliphatic rings. The minimum Gasteiger partial charge on any atom is -0.354 e. The molecule has 0 saturated carbocycles. The maximum Gasteiger partial charge on any atom is 0.225 e. The van der Waals surface area contributed by atoms with Gasteiger partial charge in [-0.3, -0.25) is 4.79 Å². The molecule has 0 unspecified atom stereocenters. The number of benzene rings is 1. The highest BCUT2D eigenvalue weighted by atomic mass is 79.9. The zero-order valence-corrected chi connectivity index (χ0v) is 13.5. The van der Waals surface area contributed by atoms with Gasteiger partial charge in [0.05, 0.1) is 11.9 Å². The molecule has 1 amide bonds. The third-order valence-corrected chi connectivity index (χ3v) is 3.39. The Labute approximate surface area is 133 Å². The number of hydrogen-bond donors (Lipinski definition) is 2. The van der Waals surface area contributed by atoms with Crippen LogP contribution < -0.4 is 10.6 Å². The van der Waals surface area contributed by atoms with Gasteiger partial charge in [-0.05, 0) is 36.8 Å². The molecular weight excluding hydrogens is 330 g/mol. The van der Waals surface area contributed by atoms with Crippen molar-refractivity contribution in [3.05, 3.63) is 47.1 Å². The van der Waals surface area contributed by atoms with Crippen molar-refractivity contribution in [2.45, 2.75) is 26.2 Å². The molecule has 2 aromatic rings. The van der Waals surface area contributed by atoms with Gasteiger partial charge in [0.1, 0.15) is 5.82 Å². The monoisotopic (exact) mass is 347 g/mol. The molecule has 0 aliphatic heterocycles. The van der Waals surface area contributed by atoms with Gasteiger partial charge in [0.15, 0.2) is 0 Å². The number of carbonyl (C=O) groups excluding carboxylic acids is 1. The Morgan fingerprint density at radius 2 is 2.10 bits per heavy atom. The van der Waals surface area contributed by atoms with Crippen molar-refractivity contribution < 1.29 is 4.79 Å². The second-order valence-corrected chi connectivity index (χ2v) is 5.63. The normalized spacial score (nSPS) is 10.2. The highest BCUT2D eigenvalue weighted by Gasteiger charge is 2.03. The molecule has 21 heavy (non-hydrogen) atoms. The van der Waals surface area contributed by atoms with Crippen LogP contribution in [0.3, 0.4) is 0 Å². The lowest BCUT2D eigenvalue weighted by Gasteiger charge is -2.08. The molecule has 1 aromatic heterocycles. The smallest absolute Gasteiger partial charge is 0.225 e. The number of halogens is 1. The first-order valence-electron chi connectivity index (χ1n) is 6.96. The second-order valence-electron chi connectivity index (χ2n) is 4.72. The average Bonchev–Trinajstić information content (AvgIpc) is 2.47. The van der Waals surface area contributed by atoms with Crippen molar-refractivity contribution in [2.24, 2.45) is 0 Å². The summed E-state index contributed by atoms with van der Waals surface area (Å²) in [6, 6.07) is 11.6. The Bertz CT molecular complexity index is 599. The van der Waals surface area contributed by atoms with Crippen LogP contribution in [0.15, 0.2) is 47.1 Å². The summed E-state index contributed by atoms with van der Waals surface area (Å²) in [6.07, 6.45) is 4.15. The maximum atomic E-state index is 11.6. The first-order valence-corrected chi connectivity index (χ1v) is 7.75. The van der Waals surface area contributed by atoms with E-state index in [4.69, 9.17) is 0 Å².